The summed E-state index contributed by atoms with van der Waals surface area (Å²) in [7, 11) is 0. The Balaban J connectivity index is 2.05. The van der Waals surface area contributed by atoms with Crippen LogP contribution in [0.1, 0.15) is 30.4 Å². The monoisotopic (exact) mass is 327 g/mol. The second kappa shape index (κ2) is 6.99. The summed E-state index contributed by atoms with van der Waals surface area (Å²) in [4.78, 5) is 0. The quantitative estimate of drug-likeness (QED) is 0.846. The van der Waals surface area contributed by atoms with Gasteiger partial charge in [-0.05, 0) is 58.5 Å². The second-order valence-electron chi connectivity index (χ2n) is 4.48. The highest BCUT2D eigenvalue weighted by atomic mass is 79.9. The second-order valence-corrected chi connectivity index (χ2v) is 5.33. The molecule has 1 atom stereocenters. The van der Waals surface area contributed by atoms with E-state index in [-0.39, 0.29) is 18.5 Å². The summed E-state index contributed by atoms with van der Waals surface area (Å²) in [6.07, 6.45) is 3.04. The number of nitriles is 1. The van der Waals surface area contributed by atoms with Crippen molar-refractivity contribution in [2.45, 2.75) is 38.6 Å². The van der Waals surface area contributed by atoms with E-state index >= 15 is 0 Å². The molecule has 3 nitrogen and oxygen atoms in total. The van der Waals surface area contributed by atoms with E-state index < -0.39 is 0 Å². The molecule has 1 aliphatic rings. The van der Waals surface area contributed by atoms with Crippen LogP contribution in [0.15, 0.2) is 16.6 Å². The van der Waals surface area contributed by atoms with Gasteiger partial charge in [0.05, 0.1) is 23.6 Å². The Morgan fingerprint density at radius 3 is 2.95 bits per heavy atom. The van der Waals surface area contributed by atoms with Gasteiger partial charge in [-0.15, -0.1) is 0 Å². The normalized spacial score (nSPS) is 19.1. The zero-order valence-electron chi connectivity index (χ0n) is 10.5. The molecule has 0 aromatic heterocycles. The lowest BCUT2D eigenvalue weighted by Gasteiger charge is -2.23. The molecule has 0 bridgehead atoms. The zero-order valence-corrected chi connectivity index (χ0v) is 12.1. The maximum Gasteiger partial charge on any atom is 0.158 e. The fourth-order valence-corrected chi connectivity index (χ4v) is 2.43. The summed E-state index contributed by atoms with van der Waals surface area (Å²) in [6.45, 7) is 1.06. The number of halogens is 2. The third-order valence-corrected chi connectivity index (χ3v) is 3.68. The topological polar surface area (TPSA) is 42.2 Å². The largest absolute Gasteiger partial charge is 0.353 e. The molecule has 0 spiro atoms. The summed E-state index contributed by atoms with van der Waals surface area (Å²) in [5, 5.41) is 8.77. The third kappa shape index (κ3) is 4.00. The van der Waals surface area contributed by atoms with Crippen LogP contribution >= 0.6 is 15.9 Å². The molecule has 1 aliphatic heterocycles. The molecule has 0 N–H and O–H groups in total. The summed E-state index contributed by atoms with van der Waals surface area (Å²) >= 11 is 3.15. The highest BCUT2D eigenvalue weighted by molar-refractivity contribution is 9.10. The first kappa shape index (κ1) is 14.4. The fourth-order valence-electron chi connectivity index (χ4n) is 2.04. The average Bonchev–Trinajstić information content (AvgIpc) is 2.42. The van der Waals surface area contributed by atoms with Gasteiger partial charge in [0, 0.05) is 6.61 Å². The number of hydrogen-bond donors (Lipinski definition) is 0. The molecule has 0 radical (unpaired) electrons. The molecule has 1 unspecified atom stereocenters. The molecule has 1 aromatic carbocycles. The molecule has 1 heterocycles. The minimum Gasteiger partial charge on any atom is -0.353 e. The molecule has 1 aromatic rings. The highest BCUT2D eigenvalue weighted by Gasteiger charge is 2.15. The third-order valence-electron chi connectivity index (χ3n) is 3.07. The van der Waals surface area contributed by atoms with Crippen LogP contribution in [0.4, 0.5) is 4.39 Å². The van der Waals surface area contributed by atoms with Crippen LogP contribution in [0.2, 0.25) is 0 Å². The summed E-state index contributed by atoms with van der Waals surface area (Å²) in [5.41, 5.74) is 1.49. The number of nitrogens with zero attached hydrogens (tertiary/aromatic N) is 1. The standard InChI is InChI=1S/C14H15BrFNO2/c15-12-7-11(10(4-5-17)8-13(12)16)9-19-14-3-1-2-6-18-14/h7-8,14H,1-4,6,9H2. The van der Waals surface area contributed by atoms with Crippen molar-refractivity contribution in [2.24, 2.45) is 0 Å². The smallest absolute Gasteiger partial charge is 0.158 e. The molecule has 5 heteroatoms. The first-order valence-electron chi connectivity index (χ1n) is 6.27. The van der Waals surface area contributed by atoms with Crippen LogP contribution in [-0.4, -0.2) is 12.9 Å². The van der Waals surface area contributed by atoms with Crippen LogP contribution in [0.5, 0.6) is 0 Å². The molecule has 0 saturated carbocycles. The maximum atomic E-state index is 13.5. The lowest BCUT2D eigenvalue weighted by atomic mass is 10.1. The highest BCUT2D eigenvalue weighted by Crippen LogP contribution is 2.23. The van der Waals surface area contributed by atoms with E-state index in [1.165, 1.54) is 6.07 Å². The SMILES string of the molecule is N#CCc1cc(F)c(Br)cc1COC1CCCCO1. The fraction of sp³-hybridized carbons (Fsp3) is 0.500. The van der Waals surface area contributed by atoms with Crippen molar-refractivity contribution in [2.75, 3.05) is 6.61 Å². The van der Waals surface area contributed by atoms with E-state index in [2.05, 4.69) is 15.9 Å². The van der Waals surface area contributed by atoms with E-state index in [1.54, 1.807) is 6.07 Å². The van der Waals surface area contributed by atoms with E-state index in [1.807, 2.05) is 6.07 Å². The van der Waals surface area contributed by atoms with E-state index in [0.29, 0.717) is 16.6 Å². The van der Waals surface area contributed by atoms with Crippen molar-refractivity contribution >= 4 is 15.9 Å². The van der Waals surface area contributed by atoms with Crippen LogP contribution in [0, 0.1) is 17.1 Å². The van der Waals surface area contributed by atoms with E-state index in [4.69, 9.17) is 14.7 Å². The van der Waals surface area contributed by atoms with Crippen molar-refractivity contribution in [3.8, 4) is 6.07 Å². The molecule has 0 amide bonds. The Hall–Kier alpha value is -0.960. The van der Waals surface area contributed by atoms with Crippen molar-refractivity contribution in [3.63, 3.8) is 0 Å². The predicted molar refractivity (Wildman–Crippen MR) is 71.8 cm³/mol. The summed E-state index contributed by atoms with van der Waals surface area (Å²) < 4.78 is 25.0. The minimum absolute atomic E-state index is 0.175. The Bertz CT molecular complexity index is 481. The van der Waals surface area contributed by atoms with Gasteiger partial charge in [0.15, 0.2) is 6.29 Å². The molecule has 1 fully saturated rings. The number of ether oxygens (including phenoxy) is 2. The molecule has 0 aliphatic carbocycles. The van der Waals surface area contributed by atoms with Gasteiger partial charge >= 0.3 is 0 Å². The molecule has 1 saturated heterocycles. The van der Waals surface area contributed by atoms with Gasteiger partial charge in [-0.2, -0.15) is 5.26 Å². The Kier molecular flexibility index (Phi) is 5.32. The van der Waals surface area contributed by atoms with Gasteiger partial charge in [-0.25, -0.2) is 4.39 Å². The molecule has 19 heavy (non-hydrogen) atoms. The first-order valence-corrected chi connectivity index (χ1v) is 7.07. The van der Waals surface area contributed by atoms with E-state index in [9.17, 15) is 4.39 Å². The summed E-state index contributed by atoms with van der Waals surface area (Å²) in [6, 6.07) is 5.09. The number of hydrogen-bond acceptors (Lipinski definition) is 3. The summed E-state index contributed by atoms with van der Waals surface area (Å²) in [5.74, 6) is -0.358. The Labute approximate surface area is 120 Å². The predicted octanol–water partition coefficient (Wildman–Crippen LogP) is 3.70. The van der Waals surface area contributed by atoms with Crippen LogP contribution in [-0.2, 0) is 22.5 Å². The van der Waals surface area contributed by atoms with Gasteiger partial charge in [0.1, 0.15) is 5.82 Å². The van der Waals surface area contributed by atoms with Crippen molar-refractivity contribution in [3.05, 3.63) is 33.5 Å². The van der Waals surface area contributed by atoms with Crippen LogP contribution in [0.25, 0.3) is 0 Å². The van der Waals surface area contributed by atoms with Crippen molar-refractivity contribution < 1.29 is 13.9 Å². The van der Waals surface area contributed by atoms with Gasteiger partial charge in [-0.1, -0.05) is 0 Å². The zero-order chi connectivity index (χ0) is 13.7. The van der Waals surface area contributed by atoms with Gasteiger partial charge in [0.2, 0.25) is 0 Å². The van der Waals surface area contributed by atoms with Crippen LogP contribution in [0.3, 0.4) is 0 Å². The van der Waals surface area contributed by atoms with Crippen LogP contribution < -0.4 is 0 Å². The molecule has 102 valence electrons. The average molecular weight is 328 g/mol. The van der Waals surface area contributed by atoms with E-state index in [0.717, 1.165) is 31.4 Å². The maximum absolute atomic E-state index is 13.5. The van der Waals surface area contributed by atoms with Crippen molar-refractivity contribution in [1.29, 1.82) is 5.26 Å². The van der Waals surface area contributed by atoms with Gasteiger partial charge < -0.3 is 9.47 Å². The Morgan fingerprint density at radius 2 is 2.26 bits per heavy atom. The molecular weight excluding hydrogens is 313 g/mol. The van der Waals surface area contributed by atoms with Crippen molar-refractivity contribution in [1.82, 2.24) is 0 Å². The molecule has 2 rings (SSSR count). The number of rotatable bonds is 4. The lowest BCUT2D eigenvalue weighted by Crippen LogP contribution is -2.22. The van der Waals surface area contributed by atoms with Gasteiger partial charge in [0.25, 0.3) is 0 Å². The first-order chi connectivity index (χ1) is 9.20. The lowest BCUT2D eigenvalue weighted by molar-refractivity contribution is -0.169. The van der Waals surface area contributed by atoms with Gasteiger partial charge in [-0.3, -0.25) is 0 Å². The Morgan fingerprint density at radius 1 is 1.42 bits per heavy atom. The minimum atomic E-state index is -0.358. The number of benzene rings is 1. The molecular formula is C14H15BrFNO2.